The van der Waals surface area contributed by atoms with E-state index in [9.17, 15) is 4.79 Å². The second kappa shape index (κ2) is 14.2. The molecule has 0 aromatic carbocycles. The van der Waals surface area contributed by atoms with Crippen molar-refractivity contribution in [1.29, 1.82) is 0 Å². The number of nitrogens with zero attached hydrogens (tertiary/aromatic N) is 1. The van der Waals surface area contributed by atoms with Gasteiger partial charge in [0.25, 0.3) is 0 Å². The van der Waals surface area contributed by atoms with E-state index >= 15 is 0 Å². The van der Waals surface area contributed by atoms with E-state index in [2.05, 4.69) is 22.6 Å². The minimum absolute atomic E-state index is 0. The highest BCUT2D eigenvalue weighted by atomic mass is 35.5. The van der Waals surface area contributed by atoms with Crippen molar-refractivity contribution < 1.29 is 4.79 Å². The highest BCUT2D eigenvalue weighted by Crippen LogP contribution is 2.21. The Kier molecular flexibility index (Phi) is 14.2. The fourth-order valence-corrected chi connectivity index (χ4v) is 3.85. The SMILES string of the molecule is CN(CCCNC(=O)CCC1CCNCC1)C1CCCCC1.Cl.Cl. The van der Waals surface area contributed by atoms with Gasteiger partial charge in [-0.25, -0.2) is 0 Å². The lowest BCUT2D eigenvalue weighted by atomic mass is 9.93. The molecule has 2 aliphatic rings. The van der Waals surface area contributed by atoms with Gasteiger partial charge in [0, 0.05) is 19.0 Å². The van der Waals surface area contributed by atoms with Crippen molar-refractivity contribution in [2.24, 2.45) is 5.92 Å². The molecular formula is C18H37Cl2N3O. The molecule has 144 valence electrons. The molecule has 6 heteroatoms. The molecule has 1 aliphatic heterocycles. The highest BCUT2D eigenvalue weighted by molar-refractivity contribution is 5.85. The molecular weight excluding hydrogens is 345 g/mol. The largest absolute Gasteiger partial charge is 0.356 e. The normalized spacial score (nSPS) is 19.4. The second-order valence-electron chi connectivity index (χ2n) is 7.21. The standard InChI is InChI=1S/C18H35N3O.2ClH/c1-21(17-6-3-2-4-7-17)15-5-12-20-18(22)9-8-16-10-13-19-14-11-16;;/h16-17,19H,2-15H2,1H3,(H,20,22);2*1H. The maximum absolute atomic E-state index is 11.9. The summed E-state index contributed by atoms with van der Waals surface area (Å²) in [5, 5.41) is 6.48. The average molecular weight is 382 g/mol. The maximum Gasteiger partial charge on any atom is 0.220 e. The quantitative estimate of drug-likeness (QED) is 0.633. The summed E-state index contributed by atoms with van der Waals surface area (Å²) in [7, 11) is 2.24. The summed E-state index contributed by atoms with van der Waals surface area (Å²) < 4.78 is 0. The van der Waals surface area contributed by atoms with Crippen LogP contribution >= 0.6 is 24.8 Å². The molecule has 1 saturated heterocycles. The third-order valence-corrected chi connectivity index (χ3v) is 5.45. The molecule has 0 unspecified atom stereocenters. The minimum atomic E-state index is 0. The van der Waals surface area contributed by atoms with Gasteiger partial charge in [-0.2, -0.15) is 0 Å². The Labute approximate surface area is 160 Å². The first-order valence-corrected chi connectivity index (χ1v) is 9.43. The highest BCUT2D eigenvalue weighted by Gasteiger charge is 2.17. The molecule has 24 heavy (non-hydrogen) atoms. The first kappa shape index (κ1) is 24.0. The zero-order valence-corrected chi connectivity index (χ0v) is 16.9. The van der Waals surface area contributed by atoms with Crippen molar-refractivity contribution in [2.45, 2.75) is 70.3 Å². The minimum Gasteiger partial charge on any atom is -0.356 e. The Balaban J connectivity index is 0.00000264. The average Bonchev–Trinajstić information content (AvgIpc) is 2.58. The van der Waals surface area contributed by atoms with Crippen LogP contribution in [0.4, 0.5) is 0 Å². The molecule has 0 spiro atoms. The van der Waals surface area contributed by atoms with E-state index < -0.39 is 0 Å². The van der Waals surface area contributed by atoms with Crippen molar-refractivity contribution in [3.63, 3.8) is 0 Å². The van der Waals surface area contributed by atoms with E-state index in [0.717, 1.165) is 51.0 Å². The first-order valence-electron chi connectivity index (χ1n) is 9.43. The number of nitrogens with one attached hydrogen (secondary N) is 2. The summed E-state index contributed by atoms with van der Waals surface area (Å²) in [6.45, 7) is 4.20. The molecule has 0 aromatic heterocycles. The van der Waals surface area contributed by atoms with Gasteiger partial charge in [0.2, 0.25) is 5.91 Å². The second-order valence-corrected chi connectivity index (χ2v) is 7.21. The van der Waals surface area contributed by atoms with Crippen LogP contribution in [0.1, 0.15) is 64.2 Å². The molecule has 0 bridgehead atoms. The summed E-state index contributed by atoms with van der Waals surface area (Å²) in [5.41, 5.74) is 0. The first-order chi connectivity index (χ1) is 10.8. The van der Waals surface area contributed by atoms with E-state index in [1.54, 1.807) is 0 Å². The summed E-state index contributed by atoms with van der Waals surface area (Å²) in [6, 6.07) is 0.782. The summed E-state index contributed by atoms with van der Waals surface area (Å²) in [5.74, 6) is 1.00. The van der Waals surface area contributed by atoms with Gasteiger partial charge < -0.3 is 15.5 Å². The van der Waals surface area contributed by atoms with Crippen LogP contribution < -0.4 is 10.6 Å². The van der Waals surface area contributed by atoms with Gasteiger partial charge in [0.15, 0.2) is 0 Å². The van der Waals surface area contributed by atoms with Gasteiger partial charge in [-0.1, -0.05) is 19.3 Å². The fraction of sp³-hybridized carbons (Fsp3) is 0.944. The van der Waals surface area contributed by atoms with Crippen molar-refractivity contribution in [1.82, 2.24) is 15.5 Å². The number of hydrogen-bond donors (Lipinski definition) is 2. The van der Waals surface area contributed by atoms with Gasteiger partial charge in [0.05, 0.1) is 0 Å². The predicted octanol–water partition coefficient (Wildman–Crippen LogP) is 3.38. The number of rotatable bonds is 8. The molecule has 1 amide bonds. The molecule has 0 radical (unpaired) electrons. The van der Waals surface area contributed by atoms with E-state index in [1.165, 1.54) is 44.9 Å². The molecule has 2 fully saturated rings. The summed E-state index contributed by atoms with van der Waals surface area (Å²) in [6.07, 6.45) is 12.2. The lowest BCUT2D eigenvalue weighted by Crippen LogP contribution is -2.36. The number of piperidine rings is 1. The molecule has 2 N–H and O–H groups in total. The van der Waals surface area contributed by atoms with Crippen molar-refractivity contribution >= 4 is 30.7 Å². The molecule has 1 heterocycles. The molecule has 1 aliphatic carbocycles. The monoisotopic (exact) mass is 381 g/mol. The van der Waals surface area contributed by atoms with Crippen LogP contribution in [-0.4, -0.2) is 50.1 Å². The van der Waals surface area contributed by atoms with Crippen LogP contribution in [0, 0.1) is 5.92 Å². The molecule has 1 saturated carbocycles. The van der Waals surface area contributed by atoms with Crippen molar-refractivity contribution in [2.75, 3.05) is 33.2 Å². The molecule has 4 nitrogen and oxygen atoms in total. The number of carbonyl (C=O) groups is 1. The summed E-state index contributed by atoms with van der Waals surface area (Å²) >= 11 is 0. The number of amides is 1. The van der Waals surface area contributed by atoms with Crippen LogP contribution in [0.15, 0.2) is 0 Å². The van der Waals surface area contributed by atoms with Crippen molar-refractivity contribution in [3.05, 3.63) is 0 Å². The van der Waals surface area contributed by atoms with Gasteiger partial charge in [-0.05, 0) is 71.1 Å². The zero-order chi connectivity index (χ0) is 15.6. The fourth-order valence-electron chi connectivity index (χ4n) is 3.85. The molecule has 2 rings (SSSR count). The zero-order valence-electron chi connectivity index (χ0n) is 15.2. The Morgan fingerprint density at radius 1 is 1.08 bits per heavy atom. The van der Waals surface area contributed by atoms with E-state index in [1.807, 2.05) is 0 Å². The number of carbonyl (C=O) groups excluding carboxylic acids is 1. The van der Waals surface area contributed by atoms with E-state index in [-0.39, 0.29) is 30.7 Å². The van der Waals surface area contributed by atoms with Crippen LogP contribution in [0.25, 0.3) is 0 Å². The van der Waals surface area contributed by atoms with Gasteiger partial charge in [0.1, 0.15) is 0 Å². The topological polar surface area (TPSA) is 44.4 Å². The van der Waals surface area contributed by atoms with Crippen LogP contribution in [0.3, 0.4) is 0 Å². The Bertz CT molecular complexity index is 319. The number of halogens is 2. The van der Waals surface area contributed by atoms with Crippen LogP contribution in [0.2, 0.25) is 0 Å². The third-order valence-electron chi connectivity index (χ3n) is 5.45. The smallest absolute Gasteiger partial charge is 0.220 e. The van der Waals surface area contributed by atoms with Crippen molar-refractivity contribution in [3.8, 4) is 0 Å². The maximum atomic E-state index is 11.9. The Morgan fingerprint density at radius 2 is 1.75 bits per heavy atom. The van der Waals surface area contributed by atoms with Gasteiger partial charge >= 0.3 is 0 Å². The van der Waals surface area contributed by atoms with E-state index in [4.69, 9.17) is 0 Å². The Morgan fingerprint density at radius 3 is 2.42 bits per heavy atom. The van der Waals surface area contributed by atoms with Gasteiger partial charge in [-0.3, -0.25) is 4.79 Å². The predicted molar refractivity (Wildman–Crippen MR) is 106 cm³/mol. The number of hydrogen-bond acceptors (Lipinski definition) is 3. The summed E-state index contributed by atoms with van der Waals surface area (Å²) in [4.78, 5) is 14.4. The van der Waals surface area contributed by atoms with Gasteiger partial charge in [-0.15, -0.1) is 24.8 Å². The lowest BCUT2D eigenvalue weighted by Gasteiger charge is -2.31. The Hall–Kier alpha value is -0.0300. The molecule has 0 atom stereocenters. The lowest BCUT2D eigenvalue weighted by molar-refractivity contribution is -0.121. The molecule has 0 aromatic rings. The van der Waals surface area contributed by atoms with Crippen LogP contribution in [-0.2, 0) is 4.79 Å². The van der Waals surface area contributed by atoms with E-state index in [0.29, 0.717) is 6.42 Å². The van der Waals surface area contributed by atoms with Crippen LogP contribution in [0.5, 0.6) is 0 Å². The third kappa shape index (κ3) is 9.45.